The van der Waals surface area contributed by atoms with Crippen molar-refractivity contribution in [1.29, 1.82) is 5.26 Å². The van der Waals surface area contributed by atoms with Crippen LogP contribution in [0.5, 0.6) is 0 Å². The van der Waals surface area contributed by atoms with Crippen LogP contribution >= 0.6 is 0 Å². The van der Waals surface area contributed by atoms with E-state index in [2.05, 4.69) is 6.07 Å². The van der Waals surface area contributed by atoms with Gasteiger partial charge in [0.1, 0.15) is 5.69 Å². The minimum atomic E-state index is -0.0209. The fraction of sp³-hybridized carbons (Fsp3) is 0.227. The monoisotopic (exact) mass is 356 g/mol. The molecule has 0 atom stereocenters. The Balaban J connectivity index is 1.71. The Morgan fingerprint density at radius 3 is 2.26 bits per heavy atom. The average Bonchev–Trinajstić information content (AvgIpc) is 3.20. The first-order chi connectivity index (χ1) is 13.3. The van der Waals surface area contributed by atoms with Crippen LogP contribution in [0.25, 0.3) is 16.9 Å². The van der Waals surface area contributed by atoms with Crippen molar-refractivity contribution in [2.24, 2.45) is 5.92 Å². The Morgan fingerprint density at radius 2 is 1.63 bits per heavy atom. The quantitative estimate of drug-likeness (QED) is 0.715. The highest BCUT2D eigenvalue weighted by Crippen LogP contribution is 2.26. The summed E-state index contributed by atoms with van der Waals surface area (Å²) in [5, 5.41) is 13.8. The van der Waals surface area contributed by atoms with Crippen LogP contribution in [0.3, 0.4) is 0 Å². The SMILES string of the molecule is N#CC1CCN(C(=O)c2cn(-c3ccccc3)nc2-c2ccccc2)CC1. The van der Waals surface area contributed by atoms with Gasteiger partial charge in [-0.2, -0.15) is 10.4 Å². The number of nitriles is 1. The van der Waals surface area contributed by atoms with E-state index in [4.69, 9.17) is 10.4 Å². The molecular formula is C22H20N4O. The second kappa shape index (κ2) is 7.46. The first kappa shape index (κ1) is 17.0. The number of amides is 1. The van der Waals surface area contributed by atoms with Crippen LogP contribution in [-0.2, 0) is 0 Å². The number of para-hydroxylation sites is 1. The van der Waals surface area contributed by atoms with E-state index in [0.717, 1.165) is 24.1 Å². The molecule has 0 aliphatic carbocycles. The molecule has 4 rings (SSSR count). The molecule has 1 aromatic heterocycles. The van der Waals surface area contributed by atoms with E-state index in [9.17, 15) is 4.79 Å². The molecule has 1 fully saturated rings. The molecule has 0 bridgehead atoms. The molecule has 1 aliphatic heterocycles. The molecule has 1 amide bonds. The molecule has 1 saturated heterocycles. The molecule has 3 aromatic rings. The van der Waals surface area contributed by atoms with E-state index in [1.54, 1.807) is 4.68 Å². The number of nitrogens with zero attached hydrogens (tertiary/aromatic N) is 4. The molecule has 0 saturated carbocycles. The first-order valence-electron chi connectivity index (χ1n) is 9.15. The summed E-state index contributed by atoms with van der Waals surface area (Å²) in [5.41, 5.74) is 3.12. The lowest BCUT2D eigenvalue weighted by molar-refractivity contribution is 0.0708. The largest absolute Gasteiger partial charge is 0.338 e. The minimum absolute atomic E-state index is 0.0209. The maximum absolute atomic E-state index is 13.2. The number of piperidine rings is 1. The molecule has 2 heterocycles. The third-order valence-electron chi connectivity index (χ3n) is 4.98. The molecular weight excluding hydrogens is 336 g/mol. The number of carbonyl (C=O) groups excluding carboxylic acids is 1. The zero-order valence-corrected chi connectivity index (χ0v) is 15.0. The summed E-state index contributed by atoms with van der Waals surface area (Å²) in [4.78, 5) is 15.1. The van der Waals surface area contributed by atoms with Gasteiger partial charge in [-0.15, -0.1) is 0 Å². The molecule has 0 N–H and O–H groups in total. The first-order valence-corrected chi connectivity index (χ1v) is 9.15. The van der Waals surface area contributed by atoms with Gasteiger partial charge in [0.15, 0.2) is 0 Å². The van der Waals surface area contributed by atoms with E-state index < -0.39 is 0 Å². The van der Waals surface area contributed by atoms with Gasteiger partial charge in [-0.25, -0.2) is 4.68 Å². The number of hydrogen-bond acceptors (Lipinski definition) is 3. The molecule has 5 heteroatoms. The molecule has 134 valence electrons. The van der Waals surface area contributed by atoms with Crippen molar-refractivity contribution < 1.29 is 4.79 Å². The van der Waals surface area contributed by atoms with Gasteiger partial charge in [-0.3, -0.25) is 4.79 Å². The maximum atomic E-state index is 13.2. The number of aromatic nitrogens is 2. The fourth-order valence-electron chi connectivity index (χ4n) is 3.43. The summed E-state index contributed by atoms with van der Waals surface area (Å²) in [6.07, 6.45) is 3.28. The van der Waals surface area contributed by atoms with E-state index in [1.807, 2.05) is 71.8 Å². The number of benzene rings is 2. The van der Waals surface area contributed by atoms with Crippen LogP contribution in [0.4, 0.5) is 0 Å². The molecule has 5 nitrogen and oxygen atoms in total. The lowest BCUT2D eigenvalue weighted by Gasteiger charge is -2.29. The van der Waals surface area contributed by atoms with Crippen molar-refractivity contribution in [1.82, 2.24) is 14.7 Å². The van der Waals surface area contributed by atoms with Crippen molar-refractivity contribution in [2.75, 3.05) is 13.1 Å². The fourth-order valence-corrected chi connectivity index (χ4v) is 3.43. The number of hydrogen-bond donors (Lipinski definition) is 0. The Hall–Kier alpha value is -3.39. The van der Waals surface area contributed by atoms with Crippen LogP contribution in [-0.4, -0.2) is 33.7 Å². The van der Waals surface area contributed by atoms with Gasteiger partial charge in [-0.05, 0) is 25.0 Å². The van der Waals surface area contributed by atoms with Crippen LogP contribution < -0.4 is 0 Å². The normalized spacial score (nSPS) is 14.7. The van der Waals surface area contributed by atoms with Crippen LogP contribution in [0.2, 0.25) is 0 Å². The van der Waals surface area contributed by atoms with Crippen molar-refractivity contribution in [3.05, 3.63) is 72.4 Å². The predicted octanol–water partition coefficient (Wildman–Crippen LogP) is 3.92. The third kappa shape index (κ3) is 3.47. The summed E-state index contributed by atoms with van der Waals surface area (Å²) < 4.78 is 1.76. The number of rotatable bonds is 3. The van der Waals surface area contributed by atoms with Crippen LogP contribution in [0.1, 0.15) is 23.2 Å². The van der Waals surface area contributed by atoms with Crippen molar-refractivity contribution in [3.8, 4) is 23.0 Å². The predicted molar refractivity (Wildman–Crippen MR) is 103 cm³/mol. The van der Waals surface area contributed by atoms with E-state index in [1.165, 1.54) is 0 Å². The lowest BCUT2D eigenvalue weighted by Crippen LogP contribution is -2.38. The summed E-state index contributed by atoms with van der Waals surface area (Å²) >= 11 is 0. The minimum Gasteiger partial charge on any atom is -0.338 e. The molecule has 0 unspecified atom stereocenters. The molecule has 0 spiro atoms. The van der Waals surface area contributed by atoms with Crippen molar-refractivity contribution in [2.45, 2.75) is 12.8 Å². The molecule has 27 heavy (non-hydrogen) atoms. The van der Waals surface area contributed by atoms with Gasteiger partial charge < -0.3 is 4.90 Å². The second-order valence-electron chi connectivity index (χ2n) is 6.73. The van der Waals surface area contributed by atoms with E-state index in [-0.39, 0.29) is 11.8 Å². The highest BCUT2D eigenvalue weighted by molar-refractivity contribution is 6.00. The van der Waals surface area contributed by atoms with Crippen LogP contribution in [0.15, 0.2) is 66.9 Å². The van der Waals surface area contributed by atoms with E-state index >= 15 is 0 Å². The molecule has 0 radical (unpaired) electrons. The summed E-state index contributed by atoms with van der Waals surface area (Å²) in [7, 11) is 0. The molecule has 2 aromatic carbocycles. The highest BCUT2D eigenvalue weighted by atomic mass is 16.2. The van der Waals surface area contributed by atoms with Gasteiger partial charge in [0.2, 0.25) is 0 Å². The van der Waals surface area contributed by atoms with Crippen molar-refractivity contribution in [3.63, 3.8) is 0 Å². The van der Waals surface area contributed by atoms with E-state index in [0.29, 0.717) is 24.3 Å². The zero-order chi connectivity index (χ0) is 18.6. The average molecular weight is 356 g/mol. The Kier molecular flexibility index (Phi) is 4.71. The number of carbonyl (C=O) groups is 1. The van der Waals surface area contributed by atoms with Gasteiger partial charge >= 0.3 is 0 Å². The van der Waals surface area contributed by atoms with Gasteiger partial charge in [0, 0.05) is 30.8 Å². The van der Waals surface area contributed by atoms with Crippen LogP contribution in [0, 0.1) is 17.2 Å². The second-order valence-corrected chi connectivity index (χ2v) is 6.73. The topological polar surface area (TPSA) is 61.9 Å². The highest BCUT2D eigenvalue weighted by Gasteiger charge is 2.27. The van der Waals surface area contributed by atoms with Gasteiger partial charge in [0.25, 0.3) is 5.91 Å². The summed E-state index contributed by atoms with van der Waals surface area (Å²) in [6.45, 7) is 1.23. The summed E-state index contributed by atoms with van der Waals surface area (Å²) in [6, 6.07) is 21.9. The molecule has 1 aliphatic rings. The smallest absolute Gasteiger partial charge is 0.257 e. The maximum Gasteiger partial charge on any atom is 0.257 e. The number of likely N-dealkylation sites (tertiary alicyclic amines) is 1. The lowest BCUT2D eigenvalue weighted by atomic mass is 9.97. The Morgan fingerprint density at radius 1 is 1.00 bits per heavy atom. The Labute approximate surface area is 158 Å². The standard InChI is InChI=1S/C22H20N4O/c23-15-17-11-13-25(14-12-17)22(27)20-16-26(19-9-5-2-6-10-19)24-21(20)18-7-3-1-4-8-18/h1-10,16-17H,11-14H2. The summed E-state index contributed by atoms with van der Waals surface area (Å²) in [5.74, 6) is 0.0297. The van der Waals surface area contributed by atoms with Crippen molar-refractivity contribution >= 4 is 5.91 Å². The zero-order valence-electron chi connectivity index (χ0n) is 15.0. The van der Waals surface area contributed by atoms with Gasteiger partial charge in [0.05, 0.1) is 17.3 Å². The van der Waals surface area contributed by atoms with Gasteiger partial charge in [-0.1, -0.05) is 48.5 Å². The Bertz CT molecular complexity index is 965. The third-order valence-corrected chi connectivity index (χ3v) is 4.98.